The molecule has 0 amide bonds. The van der Waals surface area contributed by atoms with Crippen LogP contribution < -0.4 is 0 Å². The van der Waals surface area contributed by atoms with E-state index in [9.17, 15) is 35.1 Å². The first-order chi connectivity index (χ1) is 6.71. The van der Waals surface area contributed by atoms with Crippen molar-refractivity contribution < 1.29 is 39.9 Å². The summed E-state index contributed by atoms with van der Waals surface area (Å²) in [4.78, 5) is 0. The molecule has 0 aliphatic rings. The molecule has 98 valence electrons. The van der Waals surface area contributed by atoms with Crippen LogP contribution in [0.25, 0.3) is 0 Å². The van der Waals surface area contributed by atoms with Gasteiger partial charge in [-0.15, -0.1) is 0 Å². The average molecular weight is 390 g/mol. The van der Waals surface area contributed by atoms with Crippen LogP contribution in [0.2, 0.25) is 0 Å². The molecule has 0 unspecified atom stereocenters. The van der Waals surface area contributed by atoms with E-state index in [1.54, 1.807) is 0 Å². The third-order valence-electron chi connectivity index (χ3n) is 1.14. The summed E-state index contributed by atoms with van der Waals surface area (Å²) in [7, 11) is 0. The van der Waals surface area contributed by atoms with Gasteiger partial charge in [0.2, 0.25) is 0 Å². The van der Waals surface area contributed by atoms with E-state index >= 15 is 0 Å². The van der Waals surface area contributed by atoms with Gasteiger partial charge in [-0.2, -0.15) is 30.7 Å². The fourth-order valence-corrected chi connectivity index (χ4v) is 0.882. The van der Waals surface area contributed by atoms with E-state index in [2.05, 4.69) is 4.74 Å². The Labute approximate surface area is 100 Å². The fraction of sp³-hybridized carbons (Fsp3) is 1.00. The summed E-state index contributed by atoms with van der Waals surface area (Å²) in [5.41, 5.74) is 0. The molecule has 0 bridgehead atoms. The lowest BCUT2D eigenvalue weighted by Crippen LogP contribution is -2.51. The highest BCUT2D eigenvalue weighted by molar-refractivity contribution is 9.12. The Morgan fingerprint density at radius 2 is 1.19 bits per heavy atom. The SMILES string of the molecule is FC(F)(F)CO[C@@](F)(Br)[C@](F)(Br)C(F)(F)F. The molecule has 0 aliphatic heterocycles. The van der Waals surface area contributed by atoms with Crippen LogP contribution in [-0.4, -0.2) is 28.3 Å². The maximum Gasteiger partial charge on any atom is 0.439 e. The van der Waals surface area contributed by atoms with Crippen molar-refractivity contribution >= 4 is 31.9 Å². The van der Waals surface area contributed by atoms with Gasteiger partial charge in [-0.05, 0) is 31.9 Å². The Morgan fingerprint density at radius 3 is 1.44 bits per heavy atom. The summed E-state index contributed by atoms with van der Waals surface area (Å²) in [6, 6.07) is 0. The second kappa shape index (κ2) is 4.56. The zero-order chi connectivity index (χ0) is 13.4. The number of hydrogen-bond donors (Lipinski definition) is 0. The Morgan fingerprint density at radius 1 is 0.812 bits per heavy atom. The summed E-state index contributed by atoms with van der Waals surface area (Å²) < 4.78 is 90.0. The van der Waals surface area contributed by atoms with Crippen LogP contribution in [0.3, 0.4) is 0 Å². The molecule has 0 heterocycles. The van der Waals surface area contributed by atoms with Gasteiger partial charge in [0.05, 0.1) is 0 Å². The van der Waals surface area contributed by atoms with Gasteiger partial charge < -0.3 is 4.74 Å². The summed E-state index contributed by atoms with van der Waals surface area (Å²) in [6.45, 7) is -2.39. The van der Waals surface area contributed by atoms with Crippen LogP contribution in [0.1, 0.15) is 0 Å². The minimum atomic E-state index is -5.81. The Balaban J connectivity index is 4.79. The van der Waals surface area contributed by atoms with Crippen LogP contribution in [0.4, 0.5) is 35.1 Å². The molecule has 0 aliphatic carbocycles. The van der Waals surface area contributed by atoms with Gasteiger partial charge >= 0.3 is 21.7 Å². The largest absolute Gasteiger partial charge is 0.439 e. The molecule has 0 rings (SSSR count). The lowest BCUT2D eigenvalue weighted by molar-refractivity contribution is -0.281. The van der Waals surface area contributed by atoms with Crippen LogP contribution in [0.5, 0.6) is 0 Å². The highest BCUT2D eigenvalue weighted by Gasteiger charge is 2.69. The molecular weight excluding hydrogens is 388 g/mol. The molecule has 2 atom stereocenters. The molecule has 16 heavy (non-hydrogen) atoms. The maximum atomic E-state index is 12.9. The minimum absolute atomic E-state index is 1.29. The molecule has 0 radical (unpaired) electrons. The van der Waals surface area contributed by atoms with Crippen molar-refractivity contribution in [2.24, 2.45) is 0 Å². The van der Waals surface area contributed by atoms with E-state index in [4.69, 9.17) is 0 Å². The third-order valence-corrected chi connectivity index (χ3v) is 3.41. The maximum absolute atomic E-state index is 12.9. The zero-order valence-corrected chi connectivity index (χ0v) is 10.1. The van der Waals surface area contributed by atoms with Crippen molar-refractivity contribution in [2.45, 2.75) is 21.7 Å². The van der Waals surface area contributed by atoms with Crippen LogP contribution in [0, 0.1) is 0 Å². The highest BCUT2D eigenvalue weighted by Crippen LogP contribution is 2.52. The average Bonchev–Trinajstić information content (AvgIpc) is 1.97. The van der Waals surface area contributed by atoms with Gasteiger partial charge in [0.25, 0.3) is 0 Å². The van der Waals surface area contributed by atoms with E-state index in [0.717, 1.165) is 0 Å². The van der Waals surface area contributed by atoms with Crippen LogP contribution in [0.15, 0.2) is 0 Å². The number of hydrogen-bond acceptors (Lipinski definition) is 1. The lowest BCUT2D eigenvalue weighted by Gasteiger charge is -2.31. The van der Waals surface area contributed by atoms with Crippen molar-refractivity contribution in [1.29, 1.82) is 0 Å². The van der Waals surface area contributed by atoms with Crippen LogP contribution in [-0.2, 0) is 4.74 Å². The predicted molar refractivity (Wildman–Crippen MR) is 43.6 cm³/mol. The topological polar surface area (TPSA) is 9.23 Å². The molecular formula is C5H2Br2F8O. The molecule has 0 aromatic rings. The van der Waals surface area contributed by atoms with Crippen molar-refractivity contribution in [3.05, 3.63) is 0 Å². The standard InChI is InChI=1S/C5H2Br2F8O/c6-3(11,5(13,14)15)4(7,12)16-1-2(8,9)10/h1H2/t3-,4-/m1/s1. The monoisotopic (exact) mass is 388 g/mol. The molecule has 11 heteroatoms. The molecule has 0 fully saturated rings. The number of rotatable bonds is 3. The molecule has 1 nitrogen and oxygen atoms in total. The van der Waals surface area contributed by atoms with Gasteiger partial charge in [0, 0.05) is 0 Å². The van der Waals surface area contributed by atoms with E-state index in [1.807, 2.05) is 0 Å². The van der Waals surface area contributed by atoms with Crippen LogP contribution >= 0.6 is 31.9 Å². The first-order valence-corrected chi connectivity index (χ1v) is 4.82. The second-order valence-corrected chi connectivity index (χ2v) is 4.61. The van der Waals surface area contributed by atoms with Gasteiger partial charge in [-0.25, -0.2) is 4.39 Å². The molecule has 0 aromatic carbocycles. The highest BCUT2D eigenvalue weighted by atomic mass is 79.9. The van der Waals surface area contributed by atoms with Gasteiger partial charge in [-0.1, -0.05) is 0 Å². The molecule has 0 aromatic heterocycles. The van der Waals surface area contributed by atoms with Crippen molar-refractivity contribution in [2.75, 3.05) is 6.61 Å². The first-order valence-electron chi connectivity index (χ1n) is 3.24. The summed E-state index contributed by atoms with van der Waals surface area (Å²) in [6.07, 6.45) is -10.9. The van der Waals surface area contributed by atoms with Gasteiger partial charge in [0.15, 0.2) is 0 Å². The predicted octanol–water partition coefficient (Wildman–Crippen LogP) is 4.21. The quantitative estimate of drug-likeness (QED) is 0.519. The number of alkyl halides is 10. The second-order valence-electron chi connectivity index (χ2n) is 2.49. The third kappa shape index (κ3) is 3.99. The van der Waals surface area contributed by atoms with Crippen molar-refractivity contribution in [1.82, 2.24) is 0 Å². The van der Waals surface area contributed by atoms with E-state index in [1.165, 1.54) is 31.9 Å². The molecule has 0 spiro atoms. The summed E-state index contributed by atoms with van der Waals surface area (Å²) in [5, 5.41) is 0. The first kappa shape index (κ1) is 16.4. The molecule has 0 saturated heterocycles. The molecule has 0 saturated carbocycles. The van der Waals surface area contributed by atoms with E-state index < -0.39 is 28.3 Å². The number of halogens is 10. The van der Waals surface area contributed by atoms with Gasteiger partial charge in [0.1, 0.15) is 6.61 Å². The normalized spacial score (nSPS) is 21.4. The van der Waals surface area contributed by atoms with E-state index in [0.29, 0.717) is 0 Å². The summed E-state index contributed by atoms with van der Waals surface area (Å²) in [5.74, 6) is 0. The van der Waals surface area contributed by atoms with Crippen molar-refractivity contribution in [3.63, 3.8) is 0 Å². The molecule has 0 N–H and O–H groups in total. The summed E-state index contributed by atoms with van der Waals surface area (Å²) >= 11 is 2.75. The Bertz CT molecular complexity index is 244. The smallest absolute Gasteiger partial charge is 0.324 e. The van der Waals surface area contributed by atoms with Gasteiger partial charge in [-0.3, -0.25) is 0 Å². The zero-order valence-electron chi connectivity index (χ0n) is 6.89. The Hall–Kier alpha value is 0.360. The number of ether oxygens (including phenoxy) is 1. The van der Waals surface area contributed by atoms with Crippen molar-refractivity contribution in [3.8, 4) is 0 Å². The lowest BCUT2D eigenvalue weighted by atomic mass is 10.4. The Kier molecular flexibility index (Phi) is 4.66. The fourth-order valence-electron chi connectivity index (χ4n) is 0.428. The minimum Gasteiger partial charge on any atom is -0.324 e. The van der Waals surface area contributed by atoms with E-state index in [-0.39, 0.29) is 0 Å².